The smallest absolute Gasteiger partial charge is 0.333 e. The third-order valence-electron chi connectivity index (χ3n) is 5.20. The van der Waals surface area contributed by atoms with Crippen molar-refractivity contribution in [3.63, 3.8) is 0 Å². The molecule has 0 spiro atoms. The van der Waals surface area contributed by atoms with Crippen molar-refractivity contribution in [2.45, 2.75) is 117 Å². The highest BCUT2D eigenvalue weighted by Crippen LogP contribution is 2.16. The minimum atomic E-state index is -0.210. The van der Waals surface area contributed by atoms with Crippen LogP contribution >= 0.6 is 0 Å². The summed E-state index contributed by atoms with van der Waals surface area (Å²) in [6.45, 7) is 6.87. The molecule has 0 rings (SSSR count). The lowest BCUT2D eigenvalue weighted by molar-refractivity contribution is -0.138. The topological polar surface area (TPSA) is 52.3 Å². The number of nitrogens with two attached hydrogens (primary N) is 1. The average molecular weight is 368 g/mol. The minimum absolute atomic E-state index is 0.210. The van der Waals surface area contributed by atoms with E-state index in [1.54, 1.807) is 0 Å². The Hall–Kier alpha value is -0.830. The molecule has 0 unspecified atom stereocenters. The van der Waals surface area contributed by atoms with E-state index in [0.717, 1.165) is 17.6 Å². The first-order chi connectivity index (χ1) is 12.6. The molecule has 0 aromatic heterocycles. The highest BCUT2D eigenvalue weighted by atomic mass is 16.5. The molecule has 154 valence electrons. The van der Waals surface area contributed by atoms with Crippen LogP contribution < -0.4 is 5.73 Å². The van der Waals surface area contributed by atoms with Crippen molar-refractivity contribution in [1.29, 1.82) is 0 Å². The molecule has 0 aliphatic rings. The number of carbonyl (C=O) groups is 1. The molecule has 0 atom stereocenters. The lowest BCUT2D eigenvalue weighted by Crippen LogP contribution is -2.14. The van der Waals surface area contributed by atoms with Gasteiger partial charge >= 0.3 is 5.97 Å². The van der Waals surface area contributed by atoms with E-state index >= 15 is 0 Å². The fraction of sp³-hybridized carbons (Fsp3) is 0.870. The molecule has 3 nitrogen and oxygen atoms in total. The lowest BCUT2D eigenvalue weighted by atomic mass is 10.0. The number of ether oxygens (including phenoxy) is 1. The summed E-state index contributed by atoms with van der Waals surface area (Å²) >= 11 is 0. The summed E-state index contributed by atoms with van der Waals surface area (Å²) in [5.74, 6) is -0.210. The van der Waals surface area contributed by atoms with E-state index in [4.69, 9.17) is 10.5 Å². The summed E-state index contributed by atoms with van der Waals surface area (Å²) < 4.78 is 5.08. The monoisotopic (exact) mass is 367 g/mol. The Morgan fingerprint density at radius 3 is 1.58 bits per heavy atom. The standard InChI is InChI=1S/C23H45NO2/c1-4-5-6-7-8-9-10-11-12-13-14-15-16-17-18-21(2)22(3)23(25)26-20-19-24/h4-20,24H2,1-3H3. The second kappa shape index (κ2) is 18.9. The Kier molecular flexibility index (Phi) is 18.3. The number of hydrogen-bond acceptors (Lipinski definition) is 3. The van der Waals surface area contributed by atoms with Gasteiger partial charge in [0.1, 0.15) is 6.61 Å². The van der Waals surface area contributed by atoms with Crippen LogP contribution in [0.25, 0.3) is 0 Å². The first-order valence-electron chi connectivity index (χ1n) is 11.2. The molecule has 2 N–H and O–H groups in total. The largest absolute Gasteiger partial charge is 0.461 e. The normalized spacial score (nSPS) is 12.2. The van der Waals surface area contributed by atoms with Crippen LogP contribution in [0, 0.1) is 0 Å². The maximum Gasteiger partial charge on any atom is 0.333 e. The quantitative estimate of drug-likeness (QED) is 0.167. The summed E-state index contributed by atoms with van der Waals surface area (Å²) in [6.07, 6.45) is 20.2. The molecule has 0 amide bonds. The summed E-state index contributed by atoms with van der Waals surface area (Å²) in [4.78, 5) is 11.8. The SMILES string of the molecule is CCCCCCCCCCCCCCCCC(C)=C(C)C(=O)OCCN. The Morgan fingerprint density at radius 1 is 0.731 bits per heavy atom. The highest BCUT2D eigenvalue weighted by Gasteiger charge is 2.08. The van der Waals surface area contributed by atoms with Gasteiger partial charge in [0, 0.05) is 12.1 Å². The average Bonchev–Trinajstić information content (AvgIpc) is 2.65. The molecule has 0 aromatic carbocycles. The van der Waals surface area contributed by atoms with E-state index in [1.807, 2.05) is 13.8 Å². The van der Waals surface area contributed by atoms with Gasteiger partial charge in [0.2, 0.25) is 0 Å². The predicted molar refractivity (Wildman–Crippen MR) is 113 cm³/mol. The molecule has 0 fully saturated rings. The Balaban J connectivity index is 3.43. The van der Waals surface area contributed by atoms with Crippen LogP contribution in [0.5, 0.6) is 0 Å². The third kappa shape index (κ3) is 15.4. The second-order valence-corrected chi connectivity index (χ2v) is 7.68. The van der Waals surface area contributed by atoms with Crippen molar-refractivity contribution in [2.75, 3.05) is 13.2 Å². The lowest BCUT2D eigenvalue weighted by Gasteiger charge is -2.08. The maximum atomic E-state index is 11.8. The molecular formula is C23H45NO2. The molecule has 0 radical (unpaired) electrons. The zero-order valence-electron chi connectivity index (χ0n) is 17.9. The first-order valence-corrected chi connectivity index (χ1v) is 11.2. The van der Waals surface area contributed by atoms with Gasteiger partial charge in [-0.3, -0.25) is 0 Å². The van der Waals surface area contributed by atoms with Gasteiger partial charge in [0.05, 0.1) is 0 Å². The molecule has 3 heteroatoms. The van der Waals surface area contributed by atoms with Crippen LogP contribution in [0.15, 0.2) is 11.1 Å². The molecule has 0 saturated carbocycles. The van der Waals surface area contributed by atoms with Crippen molar-refractivity contribution in [1.82, 2.24) is 0 Å². The van der Waals surface area contributed by atoms with Crippen molar-refractivity contribution in [3.8, 4) is 0 Å². The van der Waals surface area contributed by atoms with Gasteiger partial charge in [-0.2, -0.15) is 0 Å². The summed E-state index contributed by atoms with van der Waals surface area (Å²) in [6, 6.07) is 0. The van der Waals surface area contributed by atoms with Gasteiger partial charge in [0.25, 0.3) is 0 Å². The second-order valence-electron chi connectivity index (χ2n) is 7.68. The fourth-order valence-corrected chi connectivity index (χ4v) is 3.21. The van der Waals surface area contributed by atoms with Gasteiger partial charge in [-0.1, -0.05) is 96.0 Å². The Morgan fingerprint density at radius 2 is 1.15 bits per heavy atom. The molecule has 0 bridgehead atoms. The van der Waals surface area contributed by atoms with E-state index in [-0.39, 0.29) is 5.97 Å². The van der Waals surface area contributed by atoms with Crippen LogP contribution in [0.3, 0.4) is 0 Å². The van der Waals surface area contributed by atoms with Gasteiger partial charge < -0.3 is 10.5 Å². The highest BCUT2D eigenvalue weighted by molar-refractivity contribution is 5.88. The summed E-state index contributed by atoms with van der Waals surface area (Å²) in [7, 11) is 0. The minimum Gasteiger partial charge on any atom is -0.461 e. The summed E-state index contributed by atoms with van der Waals surface area (Å²) in [5, 5.41) is 0. The predicted octanol–water partition coefficient (Wildman–Crippen LogP) is 6.70. The Bertz CT molecular complexity index is 363. The van der Waals surface area contributed by atoms with Crippen LogP contribution in [-0.4, -0.2) is 19.1 Å². The number of carbonyl (C=O) groups excluding carboxylic acids is 1. The third-order valence-corrected chi connectivity index (χ3v) is 5.20. The van der Waals surface area contributed by atoms with Crippen molar-refractivity contribution in [2.24, 2.45) is 5.73 Å². The van der Waals surface area contributed by atoms with Gasteiger partial charge in [-0.15, -0.1) is 0 Å². The molecule has 0 aliphatic heterocycles. The fourth-order valence-electron chi connectivity index (χ4n) is 3.21. The number of hydrogen-bond donors (Lipinski definition) is 1. The van der Waals surface area contributed by atoms with Crippen LogP contribution in [0.2, 0.25) is 0 Å². The molecule has 0 aromatic rings. The number of allylic oxidation sites excluding steroid dienone is 1. The van der Waals surface area contributed by atoms with E-state index < -0.39 is 0 Å². The van der Waals surface area contributed by atoms with E-state index in [0.29, 0.717) is 13.2 Å². The van der Waals surface area contributed by atoms with E-state index in [2.05, 4.69) is 6.92 Å². The van der Waals surface area contributed by atoms with Crippen molar-refractivity contribution < 1.29 is 9.53 Å². The molecule has 0 saturated heterocycles. The maximum absolute atomic E-state index is 11.8. The van der Waals surface area contributed by atoms with Crippen LogP contribution in [0.4, 0.5) is 0 Å². The number of rotatable bonds is 18. The molecule has 0 heterocycles. The van der Waals surface area contributed by atoms with Crippen LogP contribution in [-0.2, 0) is 9.53 Å². The molecule has 0 aliphatic carbocycles. The van der Waals surface area contributed by atoms with Gasteiger partial charge in [-0.05, 0) is 26.7 Å². The zero-order chi connectivity index (χ0) is 19.5. The van der Waals surface area contributed by atoms with Crippen molar-refractivity contribution in [3.05, 3.63) is 11.1 Å². The zero-order valence-corrected chi connectivity index (χ0v) is 17.9. The van der Waals surface area contributed by atoms with Gasteiger partial charge in [0.15, 0.2) is 0 Å². The number of unbranched alkanes of at least 4 members (excludes halogenated alkanes) is 13. The van der Waals surface area contributed by atoms with Gasteiger partial charge in [-0.25, -0.2) is 4.79 Å². The number of esters is 1. The first kappa shape index (κ1) is 25.2. The Labute approximate surface area is 163 Å². The van der Waals surface area contributed by atoms with Crippen molar-refractivity contribution >= 4 is 5.97 Å². The summed E-state index contributed by atoms with van der Waals surface area (Å²) in [5.41, 5.74) is 7.27. The molecule has 26 heavy (non-hydrogen) atoms. The molecular weight excluding hydrogens is 322 g/mol. The van der Waals surface area contributed by atoms with Crippen LogP contribution in [0.1, 0.15) is 117 Å². The van der Waals surface area contributed by atoms with E-state index in [9.17, 15) is 4.79 Å². The van der Waals surface area contributed by atoms with E-state index in [1.165, 1.54) is 89.9 Å².